The van der Waals surface area contributed by atoms with Gasteiger partial charge in [-0.3, -0.25) is 9.59 Å². The average Bonchev–Trinajstić information content (AvgIpc) is 2.43. The van der Waals surface area contributed by atoms with Crippen LogP contribution in [0, 0.1) is 0 Å². The fourth-order valence-corrected chi connectivity index (χ4v) is 1.90. The van der Waals surface area contributed by atoms with Crippen molar-refractivity contribution in [2.75, 3.05) is 6.54 Å². The molecule has 1 heterocycles. The molecule has 108 valence electrons. The van der Waals surface area contributed by atoms with Crippen LogP contribution in [0.25, 0.3) is 17.0 Å². The maximum absolute atomic E-state index is 12.0. The van der Waals surface area contributed by atoms with Crippen LogP contribution in [0.3, 0.4) is 0 Å². The third kappa shape index (κ3) is 3.36. The second-order valence-corrected chi connectivity index (χ2v) is 4.48. The molecule has 0 fully saturated rings. The van der Waals surface area contributed by atoms with Gasteiger partial charge in [0.2, 0.25) is 11.3 Å². The molecule has 0 unspecified atom stereocenters. The number of carboxylic acid groups (broad SMARTS) is 1. The Morgan fingerprint density at radius 3 is 2.81 bits per heavy atom. The van der Waals surface area contributed by atoms with E-state index in [4.69, 9.17) is 5.11 Å². The molecule has 0 spiro atoms. The van der Waals surface area contributed by atoms with Crippen LogP contribution in [0.1, 0.15) is 22.8 Å². The highest BCUT2D eigenvalue weighted by Gasteiger charge is 2.10. The Morgan fingerprint density at radius 2 is 2.14 bits per heavy atom. The molecule has 1 amide bonds. The molecular weight excluding hydrogens is 272 g/mol. The summed E-state index contributed by atoms with van der Waals surface area (Å²) >= 11 is 0. The molecule has 3 N–H and O–H groups in total. The smallest absolute Gasteiger partial charge is 0.341 e. The highest BCUT2D eigenvalue weighted by Crippen LogP contribution is 2.12. The largest absolute Gasteiger partial charge is 0.477 e. The zero-order valence-electron chi connectivity index (χ0n) is 11.3. The van der Waals surface area contributed by atoms with Gasteiger partial charge < -0.3 is 15.4 Å². The first-order valence-corrected chi connectivity index (χ1v) is 6.29. The van der Waals surface area contributed by atoms with Gasteiger partial charge in [-0.2, -0.15) is 0 Å². The molecule has 1 aromatic carbocycles. The number of aromatic carboxylic acids is 1. The van der Waals surface area contributed by atoms with E-state index in [2.05, 4.69) is 10.3 Å². The van der Waals surface area contributed by atoms with Gasteiger partial charge in [0.25, 0.3) is 0 Å². The van der Waals surface area contributed by atoms with Gasteiger partial charge in [0.15, 0.2) is 0 Å². The molecule has 0 aliphatic carbocycles. The van der Waals surface area contributed by atoms with Crippen LogP contribution in [0.15, 0.2) is 35.3 Å². The quantitative estimate of drug-likeness (QED) is 0.790. The molecule has 6 heteroatoms. The van der Waals surface area contributed by atoms with Gasteiger partial charge in [0.1, 0.15) is 5.56 Å². The zero-order chi connectivity index (χ0) is 15.4. The van der Waals surface area contributed by atoms with E-state index in [1.54, 1.807) is 30.4 Å². The Kier molecular flexibility index (Phi) is 4.18. The van der Waals surface area contributed by atoms with Gasteiger partial charge >= 0.3 is 5.97 Å². The van der Waals surface area contributed by atoms with Crippen LogP contribution in [0.4, 0.5) is 0 Å². The van der Waals surface area contributed by atoms with Crippen molar-refractivity contribution in [2.24, 2.45) is 0 Å². The van der Waals surface area contributed by atoms with E-state index in [-0.39, 0.29) is 11.5 Å². The molecular formula is C15H14N2O4. The summed E-state index contributed by atoms with van der Waals surface area (Å²) in [5, 5.41) is 11.9. The van der Waals surface area contributed by atoms with Crippen LogP contribution in [0.5, 0.6) is 0 Å². The Morgan fingerprint density at radius 1 is 1.38 bits per heavy atom. The minimum absolute atomic E-state index is 0.108. The number of hydrogen-bond acceptors (Lipinski definition) is 3. The Bertz CT molecular complexity index is 790. The number of aromatic amines is 1. The molecule has 0 aliphatic rings. The van der Waals surface area contributed by atoms with E-state index < -0.39 is 11.4 Å². The van der Waals surface area contributed by atoms with Crippen molar-refractivity contribution in [1.82, 2.24) is 10.3 Å². The Hall–Kier alpha value is -2.89. The minimum Gasteiger partial charge on any atom is -0.477 e. The van der Waals surface area contributed by atoms with E-state index in [1.807, 2.05) is 0 Å². The number of pyridine rings is 1. The van der Waals surface area contributed by atoms with Crippen molar-refractivity contribution in [1.29, 1.82) is 0 Å². The molecule has 6 nitrogen and oxygen atoms in total. The predicted molar refractivity (Wildman–Crippen MR) is 79.2 cm³/mol. The lowest BCUT2D eigenvalue weighted by Crippen LogP contribution is -2.19. The summed E-state index contributed by atoms with van der Waals surface area (Å²) in [7, 11) is 0. The molecule has 0 atom stereocenters. The maximum Gasteiger partial charge on any atom is 0.341 e. The SMILES string of the molecule is CC(=O)NCC=Cc1ccc2c(=O)c(C(=O)O)c[nH]c2c1. The fraction of sp³-hybridized carbons (Fsp3) is 0.133. The van der Waals surface area contributed by atoms with Gasteiger partial charge in [0, 0.05) is 30.6 Å². The van der Waals surface area contributed by atoms with Gasteiger partial charge in [-0.25, -0.2) is 4.79 Å². The average molecular weight is 286 g/mol. The van der Waals surface area contributed by atoms with E-state index in [9.17, 15) is 14.4 Å². The Balaban J connectivity index is 2.31. The number of hydrogen-bond donors (Lipinski definition) is 3. The summed E-state index contributed by atoms with van der Waals surface area (Å²) in [4.78, 5) is 36.4. The number of fused-ring (bicyclic) bond motifs is 1. The number of carboxylic acids is 1. The van der Waals surface area contributed by atoms with Crippen LogP contribution in [0.2, 0.25) is 0 Å². The number of carbonyl (C=O) groups is 2. The highest BCUT2D eigenvalue weighted by molar-refractivity contribution is 5.92. The number of rotatable bonds is 4. The third-order valence-electron chi connectivity index (χ3n) is 2.91. The molecule has 1 aromatic heterocycles. The second kappa shape index (κ2) is 6.04. The first-order valence-electron chi connectivity index (χ1n) is 6.29. The lowest BCUT2D eigenvalue weighted by atomic mass is 10.1. The minimum atomic E-state index is -1.25. The second-order valence-electron chi connectivity index (χ2n) is 4.48. The fourth-order valence-electron chi connectivity index (χ4n) is 1.90. The van der Waals surface area contributed by atoms with Crippen molar-refractivity contribution < 1.29 is 14.7 Å². The molecule has 0 aliphatic heterocycles. The number of nitrogens with one attached hydrogen (secondary N) is 2. The lowest BCUT2D eigenvalue weighted by Gasteiger charge is -2.01. The third-order valence-corrected chi connectivity index (χ3v) is 2.91. The predicted octanol–water partition coefficient (Wildman–Crippen LogP) is 1.38. The van der Waals surface area contributed by atoms with Gasteiger partial charge in [-0.1, -0.05) is 18.2 Å². The number of aromatic nitrogens is 1. The van der Waals surface area contributed by atoms with E-state index in [0.29, 0.717) is 17.4 Å². The normalized spacial score (nSPS) is 10.9. The number of H-pyrrole nitrogens is 1. The van der Waals surface area contributed by atoms with Crippen LogP contribution in [-0.4, -0.2) is 28.5 Å². The monoisotopic (exact) mass is 286 g/mol. The zero-order valence-corrected chi connectivity index (χ0v) is 11.3. The first kappa shape index (κ1) is 14.5. The lowest BCUT2D eigenvalue weighted by molar-refractivity contribution is -0.118. The molecule has 0 saturated carbocycles. The summed E-state index contributed by atoms with van der Waals surface area (Å²) in [5.41, 5.74) is 0.611. The van der Waals surface area contributed by atoms with Gasteiger partial charge in [0.05, 0.1) is 0 Å². The molecule has 0 saturated heterocycles. The topological polar surface area (TPSA) is 99.3 Å². The summed E-state index contributed by atoms with van der Waals surface area (Å²) in [6, 6.07) is 5.04. The number of benzene rings is 1. The molecule has 0 radical (unpaired) electrons. The molecule has 21 heavy (non-hydrogen) atoms. The van der Waals surface area contributed by atoms with Crippen molar-refractivity contribution >= 4 is 28.9 Å². The number of carbonyl (C=O) groups excluding carboxylic acids is 1. The van der Waals surface area contributed by atoms with Crippen LogP contribution >= 0.6 is 0 Å². The molecule has 0 bridgehead atoms. The van der Waals surface area contributed by atoms with Gasteiger partial charge in [-0.05, 0) is 17.7 Å². The summed E-state index contributed by atoms with van der Waals surface area (Å²) < 4.78 is 0. The number of amides is 1. The van der Waals surface area contributed by atoms with Crippen molar-refractivity contribution in [3.8, 4) is 0 Å². The van der Waals surface area contributed by atoms with E-state index >= 15 is 0 Å². The summed E-state index contributed by atoms with van der Waals surface area (Å²) in [6.07, 6.45) is 4.78. The molecule has 2 aromatic rings. The highest BCUT2D eigenvalue weighted by atomic mass is 16.4. The maximum atomic E-state index is 12.0. The van der Waals surface area contributed by atoms with Crippen molar-refractivity contribution in [2.45, 2.75) is 6.92 Å². The van der Waals surface area contributed by atoms with Crippen LogP contribution < -0.4 is 10.7 Å². The van der Waals surface area contributed by atoms with E-state index in [0.717, 1.165) is 5.56 Å². The summed E-state index contributed by atoms with van der Waals surface area (Å²) in [5.74, 6) is -1.36. The van der Waals surface area contributed by atoms with Crippen molar-refractivity contribution in [3.05, 3.63) is 51.8 Å². The summed E-state index contributed by atoms with van der Waals surface area (Å²) in [6.45, 7) is 1.86. The Labute approximate surface area is 120 Å². The van der Waals surface area contributed by atoms with Gasteiger partial charge in [-0.15, -0.1) is 0 Å². The van der Waals surface area contributed by atoms with E-state index in [1.165, 1.54) is 13.1 Å². The molecule has 2 rings (SSSR count). The van der Waals surface area contributed by atoms with Crippen molar-refractivity contribution in [3.63, 3.8) is 0 Å². The van der Waals surface area contributed by atoms with Crippen LogP contribution in [-0.2, 0) is 4.79 Å². The first-order chi connectivity index (χ1) is 9.99. The standard InChI is InChI=1S/C15H14N2O4/c1-9(18)16-6-2-3-10-4-5-11-13(7-10)17-8-12(14(11)19)15(20)21/h2-5,7-8H,6H2,1H3,(H,16,18)(H,17,19)(H,20,21).